The van der Waals surface area contributed by atoms with Crippen molar-refractivity contribution in [3.05, 3.63) is 16.0 Å². The van der Waals surface area contributed by atoms with Crippen LogP contribution in [0.5, 0.6) is 0 Å². The van der Waals surface area contributed by atoms with Gasteiger partial charge in [-0.15, -0.1) is 11.3 Å². The molecule has 0 radical (unpaired) electrons. The van der Waals surface area contributed by atoms with Gasteiger partial charge in [-0.1, -0.05) is 13.3 Å². The first-order valence-corrected chi connectivity index (χ1v) is 8.59. The van der Waals surface area contributed by atoms with E-state index in [2.05, 4.69) is 23.6 Å². The zero-order chi connectivity index (χ0) is 14.8. The second-order valence-corrected chi connectivity index (χ2v) is 7.26. The molecule has 2 atom stereocenters. The molecule has 1 amide bonds. The fraction of sp³-hybridized carbons (Fsp3) is 0.625. The van der Waals surface area contributed by atoms with Gasteiger partial charge in [-0.05, 0) is 50.1 Å². The third-order valence-electron chi connectivity index (χ3n) is 4.49. The van der Waals surface area contributed by atoms with E-state index in [1.807, 2.05) is 0 Å². The molecule has 1 aliphatic carbocycles. The Balaban J connectivity index is 1.79. The summed E-state index contributed by atoms with van der Waals surface area (Å²) in [7, 11) is 0. The zero-order valence-electron chi connectivity index (χ0n) is 12.4. The van der Waals surface area contributed by atoms with E-state index >= 15 is 0 Å². The number of nitrogens with zero attached hydrogens (tertiary/aromatic N) is 1. The van der Waals surface area contributed by atoms with E-state index in [9.17, 15) is 10.1 Å². The van der Waals surface area contributed by atoms with Crippen LogP contribution in [0.3, 0.4) is 0 Å². The predicted octanol–water partition coefficient (Wildman–Crippen LogP) is 2.83. The summed E-state index contributed by atoms with van der Waals surface area (Å²) < 4.78 is 0. The number of carbonyl (C=O) groups excluding carboxylic acids is 1. The summed E-state index contributed by atoms with van der Waals surface area (Å²) in [5.74, 6) is 0.684. The highest BCUT2D eigenvalue weighted by Gasteiger charge is 2.27. The normalized spacial score (nSPS) is 25.0. The molecule has 1 aliphatic heterocycles. The lowest BCUT2D eigenvalue weighted by molar-refractivity contribution is -0.118. The average Bonchev–Trinajstić information content (AvgIpc) is 2.84. The quantitative estimate of drug-likeness (QED) is 0.883. The van der Waals surface area contributed by atoms with Gasteiger partial charge in [0.2, 0.25) is 5.91 Å². The molecule has 112 valence electrons. The Morgan fingerprint density at radius 1 is 1.43 bits per heavy atom. The number of rotatable bonds is 2. The smallest absolute Gasteiger partial charge is 0.242 e. The van der Waals surface area contributed by atoms with E-state index < -0.39 is 0 Å². The van der Waals surface area contributed by atoms with Crippen LogP contribution in [0.15, 0.2) is 0 Å². The molecular formula is C16H21N3OS. The first-order chi connectivity index (χ1) is 10.2. The SMILES string of the molecule is CC1CCc2c(sc(NC(=O)[C@@H]3CCCCN3)c2C#N)C1. The Bertz CT molecular complexity index is 581. The Labute approximate surface area is 129 Å². The van der Waals surface area contributed by atoms with Crippen LogP contribution in [0.1, 0.15) is 48.6 Å². The highest BCUT2D eigenvalue weighted by Crippen LogP contribution is 2.39. The summed E-state index contributed by atoms with van der Waals surface area (Å²) in [4.78, 5) is 13.6. The molecule has 1 fully saturated rings. The van der Waals surface area contributed by atoms with Crippen molar-refractivity contribution in [2.24, 2.45) is 5.92 Å². The number of anilines is 1. The van der Waals surface area contributed by atoms with E-state index in [1.165, 1.54) is 10.4 Å². The molecule has 0 bridgehead atoms. The molecule has 0 aromatic carbocycles. The predicted molar refractivity (Wildman–Crippen MR) is 84.5 cm³/mol. The number of thiophene rings is 1. The Morgan fingerprint density at radius 2 is 2.29 bits per heavy atom. The van der Waals surface area contributed by atoms with E-state index in [0.29, 0.717) is 11.5 Å². The summed E-state index contributed by atoms with van der Waals surface area (Å²) in [5, 5.41) is 16.5. The van der Waals surface area contributed by atoms with Crippen molar-refractivity contribution in [3.8, 4) is 6.07 Å². The van der Waals surface area contributed by atoms with Crippen molar-refractivity contribution in [2.45, 2.75) is 51.5 Å². The molecule has 2 aliphatic rings. The minimum absolute atomic E-state index is 0.0119. The minimum Gasteiger partial charge on any atom is -0.315 e. The molecule has 1 unspecified atom stereocenters. The number of carbonyl (C=O) groups is 1. The molecule has 21 heavy (non-hydrogen) atoms. The fourth-order valence-corrected chi connectivity index (χ4v) is 4.60. The summed E-state index contributed by atoms with van der Waals surface area (Å²) in [6.45, 7) is 3.15. The summed E-state index contributed by atoms with van der Waals surface area (Å²) >= 11 is 1.60. The molecule has 2 N–H and O–H groups in total. The first kappa shape index (κ1) is 14.6. The maximum Gasteiger partial charge on any atom is 0.242 e. The second kappa shape index (κ2) is 6.17. The van der Waals surface area contributed by atoms with Gasteiger partial charge < -0.3 is 10.6 Å². The average molecular weight is 303 g/mol. The van der Waals surface area contributed by atoms with E-state index in [4.69, 9.17) is 0 Å². The van der Waals surface area contributed by atoms with Crippen LogP contribution in [0.25, 0.3) is 0 Å². The van der Waals surface area contributed by atoms with Gasteiger partial charge in [-0.25, -0.2) is 0 Å². The van der Waals surface area contributed by atoms with Crippen LogP contribution < -0.4 is 10.6 Å². The van der Waals surface area contributed by atoms with Crippen LogP contribution >= 0.6 is 11.3 Å². The summed E-state index contributed by atoms with van der Waals surface area (Å²) in [5.41, 5.74) is 1.87. The molecule has 1 aromatic heterocycles. The molecule has 1 aromatic rings. The van der Waals surface area contributed by atoms with E-state index in [-0.39, 0.29) is 11.9 Å². The lowest BCUT2D eigenvalue weighted by atomic mass is 9.88. The van der Waals surface area contributed by atoms with Gasteiger partial charge in [0.25, 0.3) is 0 Å². The molecule has 1 saturated heterocycles. The number of hydrogen-bond acceptors (Lipinski definition) is 4. The van der Waals surface area contributed by atoms with E-state index in [1.54, 1.807) is 11.3 Å². The highest BCUT2D eigenvalue weighted by atomic mass is 32.1. The van der Waals surface area contributed by atoms with Crippen LogP contribution in [0, 0.1) is 17.2 Å². The number of nitrogens with one attached hydrogen (secondary N) is 2. The maximum absolute atomic E-state index is 12.3. The molecule has 0 spiro atoms. The van der Waals surface area contributed by atoms with Crippen LogP contribution in [-0.4, -0.2) is 18.5 Å². The van der Waals surface area contributed by atoms with Crippen molar-refractivity contribution in [2.75, 3.05) is 11.9 Å². The van der Waals surface area contributed by atoms with Gasteiger partial charge in [0, 0.05) is 4.88 Å². The van der Waals surface area contributed by atoms with Gasteiger partial charge in [-0.3, -0.25) is 4.79 Å². The van der Waals surface area contributed by atoms with Gasteiger partial charge in [0.15, 0.2) is 0 Å². The van der Waals surface area contributed by atoms with Crippen LogP contribution in [-0.2, 0) is 17.6 Å². The maximum atomic E-state index is 12.3. The summed E-state index contributed by atoms with van der Waals surface area (Å²) in [6, 6.07) is 2.19. The number of nitriles is 1. The third kappa shape index (κ3) is 2.97. The largest absolute Gasteiger partial charge is 0.315 e. The van der Waals surface area contributed by atoms with Gasteiger partial charge in [-0.2, -0.15) is 5.26 Å². The van der Waals surface area contributed by atoms with Gasteiger partial charge in [0.1, 0.15) is 11.1 Å². The summed E-state index contributed by atoms with van der Waals surface area (Å²) in [6.07, 6.45) is 6.25. The van der Waals surface area contributed by atoms with Crippen molar-refractivity contribution in [1.29, 1.82) is 5.26 Å². The standard InChI is InChI=1S/C16H21N3OS/c1-10-5-6-11-12(9-17)16(21-14(11)8-10)19-15(20)13-4-2-3-7-18-13/h10,13,18H,2-8H2,1H3,(H,19,20)/t10?,13-/m0/s1. The van der Waals surface area contributed by atoms with Gasteiger partial charge >= 0.3 is 0 Å². The third-order valence-corrected chi connectivity index (χ3v) is 5.66. The van der Waals surface area contributed by atoms with Crippen LogP contribution in [0.2, 0.25) is 0 Å². The molecule has 5 heteroatoms. The van der Waals surface area contributed by atoms with Crippen molar-refractivity contribution >= 4 is 22.2 Å². The first-order valence-electron chi connectivity index (χ1n) is 7.78. The molecule has 4 nitrogen and oxygen atoms in total. The topological polar surface area (TPSA) is 64.9 Å². The second-order valence-electron chi connectivity index (χ2n) is 6.16. The monoisotopic (exact) mass is 303 g/mol. The zero-order valence-corrected chi connectivity index (χ0v) is 13.2. The van der Waals surface area contributed by atoms with Crippen molar-refractivity contribution < 1.29 is 4.79 Å². The Hall–Kier alpha value is -1.38. The lowest BCUT2D eigenvalue weighted by Gasteiger charge is -2.22. The van der Waals surface area contributed by atoms with Gasteiger partial charge in [0.05, 0.1) is 11.6 Å². The fourth-order valence-electron chi connectivity index (χ4n) is 3.23. The number of hydrogen-bond donors (Lipinski definition) is 2. The highest BCUT2D eigenvalue weighted by molar-refractivity contribution is 7.16. The minimum atomic E-state index is -0.108. The Morgan fingerprint density at radius 3 is 3.00 bits per heavy atom. The Kier molecular flexibility index (Phi) is 4.27. The van der Waals surface area contributed by atoms with Crippen molar-refractivity contribution in [3.63, 3.8) is 0 Å². The number of amides is 1. The van der Waals surface area contributed by atoms with Crippen molar-refractivity contribution in [1.82, 2.24) is 5.32 Å². The molecule has 0 saturated carbocycles. The van der Waals surface area contributed by atoms with E-state index in [0.717, 1.165) is 50.1 Å². The lowest BCUT2D eigenvalue weighted by Crippen LogP contribution is -2.43. The molecular weight excluding hydrogens is 282 g/mol. The molecule has 2 heterocycles. The van der Waals surface area contributed by atoms with Crippen LogP contribution in [0.4, 0.5) is 5.00 Å². The number of fused-ring (bicyclic) bond motifs is 1. The molecule has 3 rings (SSSR count). The number of piperidine rings is 1.